The number of ether oxygens (including phenoxy) is 2. The van der Waals surface area contributed by atoms with Crippen molar-refractivity contribution < 1.29 is 14.6 Å². The molecule has 0 aliphatic carbocycles. The molecule has 1 aromatic carbocycles. The Morgan fingerprint density at radius 3 is 2.37 bits per heavy atom. The third-order valence-electron chi connectivity index (χ3n) is 4.61. The molecule has 104 valence electrons. The molecule has 3 aliphatic heterocycles. The van der Waals surface area contributed by atoms with Gasteiger partial charge in [-0.25, -0.2) is 0 Å². The quantitative estimate of drug-likeness (QED) is 0.900. The van der Waals surface area contributed by atoms with Crippen molar-refractivity contribution >= 4 is 0 Å². The fourth-order valence-corrected chi connectivity index (χ4v) is 3.47. The van der Waals surface area contributed by atoms with Gasteiger partial charge in [-0.15, -0.1) is 0 Å². The molecular weight excluding hydrogens is 242 g/mol. The third kappa shape index (κ3) is 1.99. The summed E-state index contributed by atoms with van der Waals surface area (Å²) in [5.41, 5.74) is 0.204. The van der Waals surface area contributed by atoms with Crippen molar-refractivity contribution in [2.24, 2.45) is 5.92 Å². The summed E-state index contributed by atoms with van der Waals surface area (Å²) >= 11 is 0. The average Bonchev–Trinajstić information content (AvgIpc) is 2.47. The molecular formula is C15H21NO3. The van der Waals surface area contributed by atoms with Crippen LogP contribution in [0, 0.1) is 5.92 Å². The van der Waals surface area contributed by atoms with Crippen molar-refractivity contribution in [1.82, 2.24) is 4.90 Å². The molecule has 2 bridgehead atoms. The van der Waals surface area contributed by atoms with E-state index in [1.807, 2.05) is 18.2 Å². The van der Waals surface area contributed by atoms with Crippen molar-refractivity contribution in [2.45, 2.75) is 18.4 Å². The highest BCUT2D eigenvalue weighted by atomic mass is 16.5. The fourth-order valence-electron chi connectivity index (χ4n) is 3.47. The maximum atomic E-state index is 11.1. The molecule has 3 fully saturated rings. The Kier molecular flexibility index (Phi) is 3.15. The van der Waals surface area contributed by atoms with E-state index in [-0.39, 0.29) is 0 Å². The van der Waals surface area contributed by atoms with E-state index in [4.69, 9.17) is 9.47 Å². The van der Waals surface area contributed by atoms with Crippen LogP contribution in [0.4, 0.5) is 0 Å². The zero-order valence-corrected chi connectivity index (χ0v) is 11.6. The van der Waals surface area contributed by atoms with Gasteiger partial charge in [0.2, 0.25) is 0 Å². The van der Waals surface area contributed by atoms with Crippen LogP contribution < -0.4 is 9.47 Å². The van der Waals surface area contributed by atoms with Crippen molar-refractivity contribution in [3.8, 4) is 11.5 Å². The van der Waals surface area contributed by atoms with E-state index in [0.717, 1.165) is 38.0 Å². The Bertz CT molecular complexity index is 468. The number of hydrogen-bond acceptors (Lipinski definition) is 4. The van der Waals surface area contributed by atoms with Crippen LogP contribution in [0.3, 0.4) is 0 Å². The number of nitrogens with zero attached hydrogens (tertiary/aromatic N) is 1. The van der Waals surface area contributed by atoms with E-state index < -0.39 is 5.60 Å². The van der Waals surface area contributed by atoms with Crippen LogP contribution in [0.5, 0.6) is 11.5 Å². The molecule has 3 saturated heterocycles. The molecule has 0 radical (unpaired) electrons. The largest absolute Gasteiger partial charge is 0.493 e. The maximum absolute atomic E-state index is 11.1. The summed E-state index contributed by atoms with van der Waals surface area (Å²) in [5, 5.41) is 11.1. The lowest BCUT2D eigenvalue weighted by atomic mass is 9.71. The first-order valence-electron chi connectivity index (χ1n) is 6.84. The van der Waals surface area contributed by atoms with Crippen LogP contribution >= 0.6 is 0 Å². The van der Waals surface area contributed by atoms with E-state index in [1.165, 1.54) is 0 Å². The minimum absolute atomic E-state index is 0.357. The first kappa shape index (κ1) is 12.8. The van der Waals surface area contributed by atoms with Crippen molar-refractivity contribution in [3.05, 3.63) is 23.8 Å². The summed E-state index contributed by atoms with van der Waals surface area (Å²) in [6.45, 7) is 2.95. The summed E-state index contributed by atoms with van der Waals surface area (Å²) in [7, 11) is 3.25. The van der Waals surface area contributed by atoms with E-state index in [0.29, 0.717) is 17.4 Å². The monoisotopic (exact) mass is 263 g/mol. The minimum Gasteiger partial charge on any atom is -0.493 e. The second kappa shape index (κ2) is 4.69. The van der Waals surface area contributed by atoms with Crippen LogP contribution in [0.2, 0.25) is 0 Å². The summed E-state index contributed by atoms with van der Waals surface area (Å²) in [4.78, 5) is 2.34. The standard InChI is InChI=1S/C15H21NO3/c1-18-13-4-3-12(9-14(13)19-2)15(17)10-16-7-5-11(15)6-8-16/h3-4,9,11,17H,5-8,10H2,1-2H3. The zero-order chi connectivity index (χ0) is 13.5. The van der Waals surface area contributed by atoms with Crippen LogP contribution in [-0.4, -0.2) is 43.9 Å². The number of methoxy groups -OCH3 is 2. The molecule has 19 heavy (non-hydrogen) atoms. The second-order valence-electron chi connectivity index (χ2n) is 5.54. The maximum Gasteiger partial charge on any atom is 0.161 e. The molecule has 0 saturated carbocycles. The SMILES string of the molecule is COc1ccc(C2(O)CN3CCC2CC3)cc1OC. The van der Waals surface area contributed by atoms with E-state index in [2.05, 4.69) is 4.90 Å². The smallest absolute Gasteiger partial charge is 0.161 e. The van der Waals surface area contributed by atoms with Gasteiger partial charge in [-0.3, -0.25) is 0 Å². The highest BCUT2D eigenvalue weighted by Crippen LogP contribution is 2.44. The topological polar surface area (TPSA) is 41.9 Å². The van der Waals surface area contributed by atoms with Crippen LogP contribution in [0.1, 0.15) is 18.4 Å². The highest BCUT2D eigenvalue weighted by Gasteiger charge is 2.46. The number of benzene rings is 1. The fraction of sp³-hybridized carbons (Fsp3) is 0.600. The Hall–Kier alpha value is -1.26. The third-order valence-corrected chi connectivity index (χ3v) is 4.61. The average molecular weight is 263 g/mol. The van der Waals surface area contributed by atoms with Gasteiger partial charge in [-0.05, 0) is 49.5 Å². The summed E-state index contributed by atoms with van der Waals surface area (Å²) < 4.78 is 10.6. The molecule has 3 heterocycles. The second-order valence-corrected chi connectivity index (χ2v) is 5.54. The van der Waals surface area contributed by atoms with Gasteiger partial charge in [0.25, 0.3) is 0 Å². The number of aliphatic hydroxyl groups is 1. The molecule has 4 nitrogen and oxygen atoms in total. The minimum atomic E-state index is -0.740. The molecule has 4 rings (SSSR count). The van der Waals surface area contributed by atoms with Gasteiger partial charge in [0, 0.05) is 6.54 Å². The molecule has 1 atom stereocenters. The lowest BCUT2D eigenvalue weighted by molar-refractivity contribution is -0.117. The summed E-state index contributed by atoms with van der Waals surface area (Å²) in [6.07, 6.45) is 2.15. The predicted octanol–water partition coefficient (Wildman–Crippen LogP) is 1.62. The van der Waals surface area contributed by atoms with E-state index in [1.54, 1.807) is 14.2 Å². The molecule has 0 aromatic heterocycles. The normalized spacial score (nSPS) is 33.2. The molecule has 4 heteroatoms. The first-order valence-corrected chi connectivity index (χ1v) is 6.84. The lowest BCUT2D eigenvalue weighted by Crippen LogP contribution is -2.57. The highest BCUT2D eigenvalue weighted by molar-refractivity contribution is 5.45. The summed E-state index contributed by atoms with van der Waals surface area (Å²) in [5.74, 6) is 1.75. The molecule has 1 aromatic rings. The molecule has 1 unspecified atom stereocenters. The Morgan fingerprint density at radius 1 is 1.16 bits per heavy atom. The van der Waals surface area contributed by atoms with E-state index >= 15 is 0 Å². The van der Waals surface area contributed by atoms with Gasteiger partial charge in [-0.1, -0.05) is 6.07 Å². The Morgan fingerprint density at radius 2 is 1.84 bits per heavy atom. The van der Waals surface area contributed by atoms with Gasteiger partial charge >= 0.3 is 0 Å². The first-order chi connectivity index (χ1) is 9.17. The number of fused-ring (bicyclic) bond motifs is 3. The molecule has 0 spiro atoms. The number of piperidine rings is 3. The molecule has 0 amide bonds. The van der Waals surface area contributed by atoms with Crippen LogP contribution in [-0.2, 0) is 5.60 Å². The lowest BCUT2D eigenvalue weighted by Gasteiger charge is -2.50. The van der Waals surface area contributed by atoms with Crippen molar-refractivity contribution in [2.75, 3.05) is 33.9 Å². The van der Waals surface area contributed by atoms with Gasteiger partial charge < -0.3 is 19.5 Å². The molecule has 1 N–H and O–H groups in total. The van der Waals surface area contributed by atoms with Gasteiger partial charge in [0.1, 0.15) is 5.60 Å². The Labute approximate surface area is 113 Å². The predicted molar refractivity (Wildman–Crippen MR) is 72.6 cm³/mol. The number of rotatable bonds is 3. The summed E-state index contributed by atoms with van der Waals surface area (Å²) in [6, 6.07) is 5.76. The zero-order valence-electron chi connectivity index (χ0n) is 11.6. The van der Waals surface area contributed by atoms with Crippen molar-refractivity contribution in [3.63, 3.8) is 0 Å². The van der Waals surface area contributed by atoms with Gasteiger partial charge in [0.15, 0.2) is 11.5 Å². The van der Waals surface area contributed by atoms with Crippen LogP contribution in [0.15, 0.2) is 18.2 Å². The molecule has 3 aliphatic rings. The van der Waals surface area contributed by atoms with Gasteiger partial charge in [0.05, 0.1) is 14.2 Å². The van der Waals surface area contributed by atoms with Crippen molar-refractivity contribution in [1.29, 1.82) is 0 Å². The number of hydrogen-bond donors (Lipinski definition) is 1. The van der Waals surface area contributed by atoms with E-state index in [9.17, 15) is 5.11 Å². The Balaban J connectivity index is 1.97. The van der Waals surface area contributed by atoms with Gasteiger partial charge in [-0.2, -0.15) is 0 Å². The van der Waals surface area contributed by atoms with Crippen LogP contribution in [0.25, 0.3) is 0 Å².